The molecule has 1 fully saturated rings. The summed E-state index contributed by atoms with van der Waals surface area (Å²) in [5, 5.41) is 4.18. The minimum atomic E-state index is -0.348. The van der Waals surface area contributed by atoms with Gasteiger partial charge in [-0.1, -0.05) is 6.92 Å². The van der Waals surface area contributed by atoms with Gasteiger partial charge in [0.2, 0.25) is 5.91 Å². The van der Waals surface area contributed by atoms with Crippen LogP contribution in [-0.2, 0) is 11.3 Å². The molecule has 1 aromatic rings. The average Bonchev–Trinajstić information content (AvgIpc) is 2.66. The maximum atomic E-state index is 11.5. The molecule has 0 spiro atoms. The summed E-state index contributed by atoms with van der Waals surface area (Å²) >= 11 is 0. The lowest BCUT2D eigenvalue weighted by Crippen LogP contribution is -2.67. The van der Waals surface area contributed by atoms with Crippen LogP contribution in [0.3, 0.4) is 0 Å². The van der Waals surface area contributed by atoms with E-state index in [0.717, 1.165) is 18.7 Å². The number of carbonyl (C=O) groups excluding carboxylic acids is 1. The first-order valence-electron chi connectivity index (χ1n) is 5.26. The number of aromatic nitrogens is 2. The molecule has 5 heteroatoms. The van der Waals surface area contributed by atoms with Crippen molar-refractivity contribution in [2.24, 2.45) is 5.73 Å². The summed E-state index contributed by atoms with van der Waals surface area (Å²) in [6.07, 6.45) is 4.64. The number of rotatable bonds is 3. The molecule has 1 aliphatic heterocycles. The highest BCUT2D eigenvalue weighted by molar-refractivity contribution is 6.04. The molecule has 1 amide bonds. The first kappa shape index (κ1) is 10.2. The Labute approximate surface area is 88.8 Å². The number of β-lactam (4-membered cyclic amide) rings is 1. The van der Waals surface area contributed by atoms with E-state index >= 15 is 0 Å². The van der Waals surface area contributed by atoms with Crippen LogP contribution in [0.1, 0.15) is 20.3 Å². The van der Waals surface area contributed by atoms with E-state index in [4.69, 9.17) is 5.73 Å². The average molecular weight is 208 g/mol. The number of anilines is 1. The molecule has 0 aliphatic carbocycles. The summed E-state index contributed by atoms with van der Waals surface area (Å²) in [7, 11) is 0. The molecule has 5 nitrogen and oxygen atoms in total. The number of hydrogen-bond donors (Lipinski definition) is 1. The number of nitrogens with zero attached hydrogens (tertiary/aromatic N) is 3. The van der Waals surface area contributed by atoms with Crippen molar-refractivity contribution >= 4 is 11.6 Å². The summed E-state index contributed by atoms with van der Waals surface area (Å²) in [5.41, 5.74) is 6.49. The van der Waals surface area contributed by atoms with Crippen LogP contribution in [0.2, 0.25) is 0 Å². The van der Waals surface area contributed by atoms with Gasteiger partial charge in [-0.2, -0.15) is 5.10 Å². The number of aryl methyl sites for hydroxylation is 1. The normalized spacial score (nSPS) is 25.5. The second-order valence-electron chi connectivity index (χ2n) is 3.94. The van der Waals surface area contributed by atoms with Crippen molar-refractivity contribution in [3.8, 4) is 0 Å². The fourth-order valence-electron chi connectivity index (χ4n) is 1.84. The van der Waals surface area contributed by atoms with E-state index < -0.39 is 0 Å². The van der Waals surface area contributed by atoms with E-state index in [0.29, 0.717) is 0 Å². The third-order valence-corrected chi connectivity index (χ3v) is 2.80. The van der Waals surface area contributed by atoms with Crippen molar-refractivity contribution in [3.05, 3.63) is 12.4 Å². The Morgan fingerprint density at radius 2 is 2.33 bits per heavy atom. The van der Waals surface area contributed by atoms with Crippen molar-refractivity contribution in [2.75, 3.05) is 4.90 Å². The molecule has 0 bridgehead atoms. The van der Waals surface area contributed by atoms with E-state index in [1.807, 2.05) is 17.8 Å². The SMILES string of the molecule is CCCn1cc(N2C(=O)[C@@H](N)[C@H]2C)cn1. The summed E-state index contributed by atoms with van der Waals surface area (Å²) in [6, 6.07) is -0.267. The topological polar surface area (TPSA) is 64.2 Å². The maximum absolute atomic E-state index is 11.5. The van der Waals surface area contributed by atoms with Crippen molar-refractivity contribution in [1.29, 1.82) is 0 Å². The molecule has 0 unspecified atom stereocenters. The highest BCUT2D eigenvalue weighted by atomic mass is 16.2. The van der Waals surface area contributed by atoms with Gasteiger partial charge in [0, 0.05) is 12.7 Å². The molecule has 0 radical (unpaired) electrons. The van der Waals surface area contributed by atoms with Crippen LogP contribution in [0.5, 0.6) is 0 Å². The van der Waals surface area contributed by atoms with Crippen LogP contribution in [0.4, 0.5) is 5.69 Å². The van der Waals surface area contributed by atoms with Gasteiger partial charge < -0.3 is 10.6 Å². The number of nitrogens with two attached hydrogens (primary N) is 1. The Bertz CT molecular complexity index is 373. The largest absolute Gasteiger partial charge is 0.318 e. The zero-order valence-electron chi connectivity index (χ0n) is 9.05. The standard InChI is InChI=1S/C10H16N4O/c1-3-4-13-6-8(5-12-13)14-7(2)9(11)10(14)15/h5-7,9H,3-4,11H2,1-2H3/t7-,9+/m1/s1. The minimum absolute atomic E-state index is 0.0152. The Balaban J connectivity index is 2.13. The van der Waals surface area contributed by atoms with E-state index in [1.54, 1.807) is 11.1 Å². The summed E-state index contributed by atoms with van der Waals surface area (Å²) in [4.78, 5) is 13.2. The monoisotopic (exact) mass is 208 g/mol. The van der Waals surface area contributed by atoms with Crippen molar-refractivity contribution < 1.29 is 4.79 Å². The third kappa shape index (κ3) is 1.52. The second kappa shape index (κ2) is 3.66. The predicted octanol–water partition coefficient (Wildman–Crippen LogP) is 0.356. The first-order valence-corrected chi connectivity index (χ1v) is 5.26. The molecule has 2 heterocycles. The highest BCUT2D eigenvalue weighted by Crippen LogP contribution is 2.26. The Hall–Kier alpha value is -1.36. The second-order valence-corrected chi connectivity index (χ2v) is 3.94. The molecule has 2 atom stereocenters. The smallest absolute Gasteiger partial charge is 0.246 e. The lowest BCUT2D eigenvalue weighted by atomic mass is 9.97. The van der Waals surface area contributed by atoms with Crippen LogP contribution in [0.25, 0.3) is 0 Å². The van der Waals surface area contributed by atoms with Crippen LogP contribution in [-0.4, -0.2) is 27.8 Å². The summed E-state index contributed by atoms with van der Waals surface area (Å²) in [6.45, 7) is 4.92. The van der Waals surface area contributed by atoms with E-state index in [2.05, 4.69) is 12.0 Å². The van der Waals surface area contributed by atoms with Crippen molar-refractivity contribution in [1.82, 2.24) is 9.78 Å². The van der Waals surface area contributed by atoms with Crippen LogP contribution < -0.4 is 10.6 Å². The van der Waals surface area contributed by atoms with Crippen molar-refractivity contribution in [3.63, 3.8) is 0 Å². The number of carbonyl (C=O) groups is 1. The van der Waals surface area contributed by atoms with Gasteiger partial charge in [0.25, 0.3) is 0 Å². The molecule has 0 saturated carbocycles. The van der Waals surface area contributed by atoms with Gasteiger partial charge in [-0.3, -0.25) is 9.48 Å². The van der Waals surface area contributed by atoms with Gasteiger partial charge >= 0.3 is 0 Å². The van der Waals surface area contributed by atoms with Crippen LogP contribution in [0.15, 0.2) is 12.4 Å². The molecular weight excluding hydrogens is 192 g/mol. The molecule has 2 N–H and O–H groups in total. The number of hydrogen-bond acceptors (Lipinski definition) is 3. The molecule has 15 heavy (non-hydrogen) atoms. The lowest BCUT2D eigenvalue weighted by molar-refractivity contribution is -0.125. The molecule has 2 rings (SSSR count). The highest BCUT2D eigenvalue weighted by Gasteiger charge is 2.43. The molecule has 1 aliphatic rings. The van der Waals surface area contributed by atoms with Gasteiger partial charge in [-0.15, -0.1) is 0 Å². The Morgan fingerprint density at radius 3 is 2.93 bits per heavy atom. The molecular formula is C10H16N4O. The Kier molecular flexibility index (Phi) is 2.48. The Morgan fingerprint density at radius 1 is 1.60 bits per heavy atom. The quantitative estimate of drug-likeness (QED) is 0.729. The van der Waals surface area contributed by atoms with Gasteiger partial charge in [-0.05, 0) is 13.3 Å². The molecule has 82 valence electrons. The van der Waals surface area contributed by atoms with Gasteiger partial charge in [0.1, 0.15) is 6.04 Å². The van der Waals surface area contributed by atoms with E-state index in [9.17, 15) is 4.79 Å². The summed E-state index contributed by atoms with van der Waals surface area (Å²) < 4.78 is 1.85. The first-order chi connectivity index (χ1) is 7.15. The van der Waals surface area contributed by atoms with E-state index in [1.165, 1.54) is 0 Å². The van der Waals surface area contributed by atoms with Gasteiger partial charge in [-0.25, -0.2) is 0 Å². The maximum Gasteiger partial charge on any atom is 0.246 e. The van der Waals surface area contributed by atoms with Crippen LogP contribution >= 0.6 is 0 Å². The molecule has 1 saturated heterocycles. The van der Waals surface area contributed by atoms with Crippen molar-refractivity contribution in [2.45, 2.75) is 38.9 Å². The van der Waals surface area contributed by atoms with Gasteiger partial charge in [0.15, 0.2) is 0 Å². The molecule has 0 aromatic carbocycles. The third-order valence-electron chi connectivity index (χ3n) is 2.80. The minimum Gasteiger partial charge on any atom is -0.318 e. The van der Waals surface area contributed by atoms with Gasteiger partial charge in [0.05, 0.1) is 17.9 Å². The zero-order chi connectivity index (χ0) is 11.0. The number of amides is 1. The van der Waals surface area contributed by atoms with E-state index in [-0.39, 0.29) is 18.0 Å². The lowest BCUT2D eigenvalue weighted by Gasteiger charge is -2.42. The van der Waals surface area contributed by atoms with Crippen LogP contribution in [0, 0.1) is 0 Å². The molecule has 1 aromatic heterocycles. The predicted molar refractivity (Wildman–Crippen MR) is 57.4 cm³/mol. The summed E-state index contributed by atoms with van der Waals surface area (Å²) in [5.74, 6) is -0.0152. The fourth-order valence-corrected chi connectivity index (χ4v) is 1.84. The fraction of sp³-hybridized carbons (Fsp3) is 0.600. The zero-order valence-corrected chi connectivity index (χ0v) is 9.05.